The maximum absolute atomic E-state index is 13.1. The number of carbonyl (C=O) groups is 1. The van der Waals surface area contributed by atoms with E-state index in [1.165, 1.54) is 17.5 Å². The van der Waals surface area contributed by atoms with Crippen molar-refractivity contribution < 1.29 is 22.7 Å². The van der Waals surface area contributed by atoms with Crippen LogP contribution in [0.2, 0.25) is 0 Å². The molecule has 1 aromatic heterocycles. The van der Waals surface area contributed by atoms with E-state index in [2.05, 4.69) is 20.7 Å². The third kappa shape index (κ3) is 3.17. The number of halogens is 2. The van der Waals surface area contributed by atoms with E-state index in [1.54, 1.807) is 0 Å². The van der Waals surface area contributed by atoms with Crippen molar-refractivity contribution in [3.8, 4) is 0 Å². The van der Waals surface area contributed by atoms with E-state index >= 15 is 0 Å². The Labute approximate surface area is 126 Å². The van der Waals surface area contributed by atoms with Gasteiger partial charge in [0.1, 0.15) is 10.7 Å². The minimum atomic E-state index is -3.96. The summed E-state index contributed by atoms with van der Waals surface area (Å²) in [6.45, 7) is 0. The zero-order chi connectivity index (χ0) is 14.9. The zero-order valence-corrected chi connectivity index (χ0v) is 12.9. The van der Waals surface area contributed by atoms with Crippen LogP contribution in [0.1, 0.15) is 9.67 Å². The molecule has 0 unspecified atom stereocenters. The highest BCUT2D eigenvalue weighted by Crippen LogP contribution is 2.27. The summed E-state index contributed by atoms with van der Waals surface area (Å²) in [4.78, 5) is 10.5. The number of anilines is 1. The van der Waals surface area contributed by atoms with Gasteiger partial charge in [-0.05, 0) is 40.2 Å². The van der Waals surface area contributed by atoms with Crippen molar-refractivity contribution in [2.24, 2.45) is 0 Å². The molecule has 0 bridgehead atoms. The lowest BCUT2D eigenvalue weighted by molar-refractivity contribution is 0.0702. The first-order chi connectivity index (χ1) is 9.29. The summed E-state index contributed by atoms with van der Waals surface area (Å²) < 4.78 is 39.8. The summed E-state index contributed by atoms with van der Waals surface area (Å²) in [5, 5.41) is 9.98. The Balaban J connectivity index is 2.35. The molecule has 0 fully saturated rings. The second-order valence-corrected chi connectivity index (χ2v) is 7.13. The molecule has 2 rings (SSSR count). The minimum Gasteiger partial charge on any atom is -0.477 e. The first kappa shape index (κ1) is 14.9. The molecule has 2 N–H and O–H groups in total. The average Bonchev–Trinajstić information content (AvgIpc) is 2.84. The molecule has 0 aliphatic heterocycles. The van der Waals surface area contributed by atoms with Crippen LogP contribution >= 0.6 is 27.3 Å². The fourth-order valence-electron chi connectivity index (χ4n) is 1.35. The number of aromatic carboxylic acids is 1. The lowest BCUT2D eigenvalue weighted by atomic mass is 10.3. The number of thiophene rings is 1. The second kappa shape index (κ2) is 5.51. The molecule has 0 radical (unpaired) electrons. The van der Waals surface area contributed by atoms with Crippen LogP contribution in [0, 0.1) is 5.82 Å². The molecule has 0 atom stereocenters. The van der Waals surface area contributed by atoms with Crippen molar-refractivity contribution in [2.45, 2.75) is 4.90 Å². The van der Waals surface area contributed by atoms with Gasteiger partial charge < -0.3 is 5.11 Å². The van der Waals surface area contributed by atoms with Crippen molar-refractivity contribution in [3.05, 3.63) is 44.8 Å². The zero-order valence-electron chi connectivity index (χ0n) is 9.63. The van der Waals surface area contributed by atoms with Gasteiger partial charge in [0.25, 0.3) is 10.0 Å². The molecule has 0 saturated heterocycles. The Morgan fingerprint density at radius 2 is 2.05 bits per heavy atom. The molecule has 0 spiro atoms. The third-order valence-corrected chi connectivity index (χ3v) is 5.37. The summed E-state index contributed by atoms with van der Waals surface area (Å²) in [6.07, 6.45) is 0. The van der Waals surface area contributed by atoms with Gasteiger partial charge in [0.2, 0.25) is 0 Å². The van der Waals surface area contributed by atoms with Crippen LogP contribution in [0.15, 0.2) is 39.0 Å². The number of nitrogens with one attached hydrogen (secondary N) is 1. The Morgan fingerprint density at radius 3 is 2.65 bits per heavy atom. The Bertz CT molecular complexity index is 772. The highest BCUT2D eigenvalue weighted by molar-refractivity contribution is 9.10. The maximum atomic E-state index is 13.1. The Morgan fingerprint density at radius 1 is 1.35 bits per heavy atom. The number of benzene rings is 1. The molecule has 20 heavy (non-hydrogen) atoms. The summed E-state index contributed by atoms with van der Waals surface area (Å²) in [5.74, 6) is -1.80. The number of hydrogen-bond donors (Lipinski definition) is 2. The number of carboxylic acids is 1. The average molecular weight is 380 g/mol. The smallest absolute Gasteiger partial charge is 0.345 e. The molecular formula is C11H7BrFNO4S2. The van der Waals surface area contributed by atoms with Crippen LogP contribution in [0.25, 0.3) is 0 Å². The van der Waals surface area contributed by atoms with Crippen molar-refractivity contribution in [1.29, 1.82) is 0 Å². The molecular weight excluding hydrogens is 373 g/mol. The first-order valence-corrected chi connectivity index (χ1v) is 8.25. The predicted octanol–water partition coefficient (Wildman–Crippen LogP) is 3.15. The normalized spacial score (nSPS) is 11.3. The van der Waals surface area contributed by atoms with Crippen LogP contribution in [0.4, 0.5) is 10.1 Å². The van der Waals surface area contributed by atoms with Gasteiger partial charge in [-0.25, -0.2) is 17.6 Å². The summed E-state index contributed by atoms with van der Waals surface area (Å²) in [6, 6.07) is 4.60. The van der Waals surface area contributed by atoms with Crippen LogP contribution in [-0.4, -0.2) is 19.5 Å². The molecule has 1 aromatic carbocycles. The highest BCUT2D eigenvalue weighted by Gasteiger charge is 2.19. The number of rotatable bonds is 4. The van der Waals surface area contributed by atoms with Crippen molar-refractivity contribution in [3.63, 3.8) is 0 Å². The quantitative estimate of drug-likeness (QED) is 0.854. The fraction of sp³-hybridized carbons (Fsp3) is 0. The van der Waals surface area contributed by atoms with Crippen LogP contribution in [0.3, 0.4) is 0 Å². The van der Waals surface area contributed by atoms with E-state index in [0.717, 1.165) is 23.5 Å². The Hall–Kier alpha value is -1.45. The monoisotopic (exact) mass is 379 g/mol. The molecule has 1 heterocycles. The highest BCUT2D eigenvalue weighted by atomic mass is 79.9. The molecule has 5 nitrogen and oxygen atoms in total. The Kier molecular flexibility index (Phi) is 4.11. The van der Waals surface area contributed by atoms with Crippen molar-refractivity contribution >= 4 is 48.9 Å². The van der Waals surface area contributed by atoms with E-state index < -0.39 is 21.8 Å². The first-order valence-electron chi connectivity index (χ1n) is 5.09. The van der Waals surface area contributed by atoms with Gasteiger partial charge in [-0.1, -0.05) is 0 Å². The van der Waals surface area contributed by atoms with Gasteiger partial charge in [-0.2, -0.15) is 0 Å². The van der Waals surface area contributed by atoms with E-state index in [0.29, 0.717) is 4.47 Å². The van der Waals surface area contributed by atoms with Crippen LogP contribution in [-0.2, 0) is 10.0 Å². The third-order valence-electron chi connectivity index (χ3n) is 2.27. The van der Waals surface area contributed by atoms with Gasteiger partial charge in [-0.3, -0.25) is 4.72 Å². The molecule has 0 aliphatic rings. The number of hydrogen-bond acceptors (Lipinski definition) is 4. The topological polar surface area (TPSA) is 83.5 Å². The molecule has 0 saturated carbocycles. The summed E-state index contributed by atoms with van der Waals surface area (Å²) in [7, 11) is -3.96. The lowest BCUT2D eigenvalue weighted by Gasteiger charge is -2.08. The van der Waals surface area contributed by atoms with Gasteiger partial charge >= 0.3 is 5.97 Å². The van der Waals surface area contributed by atoms with Gasteiger partial charge in [-0.15, -0.1) is 11.3 Å². The molecule has 2 aromatic rings. The SMILES string of the molecule is O=C(O)c1cc(S(=O)(=O)Nc2cc(F)ccc2Br)cs1. The summed E-state index contributed by atoms with van der Waals surface area (Å²) >= 11 is 3.90. The molecule has 0 amide bonds. The summed E-state index contributed by atoms with van der Waals surface area (Å²) in [5.41, 5.74) is 0.0353. The van der Waals surface area contributed by atoms with Crippen LogP contribution in [0.5, 0.6) is 0 Å². The van der Waals surface area contributed by atoms with E-state index in [1.807, 2.05) is 0 Å². The molecule has 106 valence electrons. The van der Waals surface area contributed by atoms with E-state index in [4.69, 9.17) is 5.11 Å². The molecule has 0 aliphatic carbocycles. The lowest BCUT2D eigenvalue weighted by Crippen LogP contribution is -2.12. The standard InChI is InChI=1S/C11H7BrFNO4S2/c12-8-2-1-6(13)3-9(8)14-20(17,18)7-4-10(11(15)16)19-5-7/h1-5,14H,(H,15,16). The number of sulfonamides is 1. The second-order valence-electron chi connectivity index (χ2n) is 3.68. The van der Waals surface area contributed by atoms with E-state index in [9.17, 15) is 17.6 Å². The maximum Gasteiger partial charge on any atom is 0.345 e. The minimum absolute atomic E-state index is 0.0353. The van der Waals surface area contributed by atoms with Crippen LogP contribution < -0.4 is 4.72 Å². The van der Waals surface area contributed by atoms with Gasteiger partial charge in [0.05, 0.1) is 10.6 Å². The molecule has 9 heteroatoms. The van der Waals surface area contributed by atoms with Crippen molar-refractivity contribution in [2.75, 3.05) is 4.72 Å². The predicted molar refractivity (Wildman–Crippen MR) is 76.2 cm³/mol. The van der Waals surface area contributed by atoms with E-state index in [-0.39, 0.29) is 15.5 Å². The van der Waals surface area contributed by atoms with Crippen molar-refractivity contribution in [1.82, 2.24) is 0 Å². The largest absolute Gasteiger partial charge is 0.477 e. The van der Waals surface area contributed by atoms with Gasteiger partial charge in [0, 0.05) is 9.85 Å². The van der Waals surface area contributed by atoms with Gasteiger partial charge in [0.15, 0.2) is 0 Å². The number of carboxylic acid groups (broad SMARTS) is 1. The fourth-order valence-corrected chi connectivity index (χ4v) is 4.01.